The topological polar surface area (TPSA) is 72.2 Å². The Labute approximate surface area is 133 Å². The first-order valence-corrected chi connectivity index (χ1v) is 7.36. The molecule has 5 heteroatoms. The van der Waals surface area contributed by atoms with E-state index in [0.717, 1.165) is 18.4 Å². The van der Waals surface area contributed by atoms with E-state index in [4.69, 9.17) is 17.3 Å². The molecule has 2 aromatic rings. The smallest absolute Gasteiger partial charge is 0.248 e. The summed E-state index contributed by atoms with van der Waals surface area (Å²) in [6.45, 7) is 0. The van der Waals surface area contributed by atoms with Gasteiger partial charge in [-0.05, 0) is 54.8 Å². The van der Waals surface area contributed by atoms with Crippen molar-refractivity contribution in [1.82, 2.24) is 0 Å². The summed E-state index contributed by atoms with van der Waals surface area (Å²) in [6.07, 6.45) is 1.64. The van der Waals surface area contributed by atoms with Crippen LogP contribution in [-0.2, 0) is 10.2 Å². The van der Waals surface area contributed by atoms with E-state index in [-0.39, 0.29) is 5.91 Å². The van der Waals surface area contributed by atoms with Crippen LogP contribution < -0.4 is 11.1 Å². The molecule has 4 nitrogen and oxygen atoms in total. The number of amides is 2. The molecule has 0 atom stereocenters. The van der Waals surface area contributed by atoms with Gasteiger partial charge >= 0.3 is 0 Å². The second-order valence-electron chi connectivity index (χ2n) is 5.48. The Morgan fingerprint density at radius 3 is 2.09 bits per heavy atom. The van der Waals surface area contributed by atoms with Gasteiger partial charge in [-0.2, -0.15) is 0 Å². The van der Waals surface area contributed by atoms with E-state index in [9.17, 15) is 9.59 Å². The van der Waals surface area contributed by atoms with Crippen LogP contribution in [0.2, 0.25) is 5.02 Å². The predicted molar refractivity (Wildman–Crippen MR) is 86.0 cm³/mol. The molecule has 1 saturated carbocycles. The third-order valence-corrected chi connectivity index (χ3v) is 4.26. The summed E-state index contributed by atoms with van der Waals surface area (Å²) in [7, 11) is 0. The van der Waals surface area contributed by atoms with Gasteiger partial charge in [-0.3, -0.25) is 9.59 Å². The van der Waals surface area contributed by atoms with Gasteiger partial charge in [0.05, 0.1) is 5.41 Å². The van der Waals surface area contributed by atoms with Crippen molar-refractivity contribution < 1.29 is 9.59 Å². The average Bonchev–Trinajstić information content (AvgIpc) is 3.30. The maximum absolute atomic E-state index is 12.6. The number of benzene rings is 2. The van der Waals surface area contributed by atoms with Crippen molar-refractivity contribution in [2.45, 2.75) is 18.3 Å². The molecule has 3 N–H and O–H groups in total. The largest absolute Gasteiger partial charge is 0.366 e. The molecule has 0 radical (unpaired) electrons. The highest BCUT2D eigenvalue weighted by Crippen LogP contribution is 2.49. The first-order chi connectivity index (χ1) is 10.5. The van der Waals surface area contributed by atoms with Crippen molar-refractivity contribution in [2.75, 3.05) is 5.32 Å². The molecule has 1 aliphatic carbocycles. The Morgan fingerprint density at radius 1 is 1.00 bits per heavy atom. The van der Waals surface area contributed by atoms with Crippen molar-refractivity contribution in [2.24, 2.45) is 5.73 Å². The Morgan fingerprint density at radius 2 is 1.59 bits per heavy atom. The summed E-state index contributed by atoms with van der Waals surface area (Å²) in [5.41, 5.74) is 6.77. The molecule has 112 valence electrons. The third kappa shape index (κ3) is 2.70. The van der Waals surface area contributed by atoms with E-state index in [1.807, 2.05) is 12.1 Å². The first-order valence-electron chi connectivity index (χ1n) is 6.99. The molecule has 1 aliphatic rings. The van der Waals surface area contributed by atoms with Crippen LogP contribution in [0.15, 0.2) is 48.5 Å². The number of anilines is 1. The number of hydrogen-bond acceptors (Lipinski definition) is 2. The number of hydrogen-bond donors (Lipinski definition) is 2. The fourth-order valence-corrected chi connectivity index (χ4v) is 2.64. The summed E-state index contributed by atoms with van der Waals surface area (Å²) >= 11 is 5.89. The average molecular weight is 315 g/mol. The molecule has 22 heavy (non-hydrogen) atoms. The Hall–Kier alpha value is -2.33. The van der Waals surface area contributed by atoms with Gasteiger partial charge in [0.25, 0.3) is 0 Å². The number of carbonyl (C=O) groups excluding carboxylic acids is 2. The Kier molecular flexibility index (Phi) is 3.62. The monoisotopic (exact) mass is 314 g/mol. The van der Waals surface area contributed by atoms with Crippen molar-refractivity contribution in [1.29, 1.82) is 0 Å². The summed E-state index contributed by atoms with van der Waals surface area (Å²) in [5, 5.41) is 3.55. The van der Waals surface area contributed by atoms with Gasteiger partial charge in [0, 0.05) is 16.3 Å². The SMILES string of the molecule is NC(=O)c1ccc(NC(=O)C2(c3ccc(Cl)cc3)CC2)cc1. The lowest BCUT2D eigenvalue weighted by Crippen LogP contribution is -2.27. The molecule has 2 aromatic carbocycles. The van der Waals surface area contributed by atoms with Crippen molar-refractivity contribution in [3.05, 3.63) is 64.7 Å². The van der Waals surface area contributed by atoms with Crippen LogP contribution >= 0.6 is 11.6 Å². The molecule has 2 amide bonds. The molecule has 0 bridgehead atoms. The van der Waals surface area contributed by atoms with E-state index < -0.39 is 11.3 Å². The number of nitrogens with one attached hydrogen (secondary N) is 1. The number of rotatable bonds is 4. The molecule has 0 saturated heterocycles. The van der Waals surface area contributed by atoms with Gasteiger partial charge in [-0.15, -0.1) is 0 Å². The molecular formula is C17H15ClN2O2. The lowest BCUT2D eigenvalue weighted by atomic mass is 9.95. The predicted octanol–water partition coefficient (Wildman–Crippen LogP) is 3.11. The Balaban J connectivity index is 1.76. The maximum atomic E-state index is 12.6. The normalized spacial score (nSPS) is 15.1. The molecule has 0 heterocycles. The molecule has 0 unspecified atom stereocenters. The second-order valence-corrected chi connectivity index (χ2v) is 5.92. The number of primary amides is 1. The van der Waals surface area contributed by atoms with Gasteiger partial charge < -0.3 is 11.1 Å². The van der Waals surface area contributed by atoms with E-state index in [1.165, 1.54) is 0 Å². The van der Waals surface area contributed by atoms with Crippen LogP contribution in [0.25, 0.3) is 0 Å². The first kappa shape index (κ1) is 14.6. The lowest BCUT2D eigenvalue weighted by molar-refractivity contribution is -0.118. The standard InChI is InChI=1S/C17H15ClN2O2/c18-13-5-3-12(4-6-13)17(9-10-17)16(22)20-14-7-1-11(2-8-14)15(19)21/h1-8H,9-10H2,(H2,19,21)(H,20,22). The lowest BCUT2D eigenvalue weighted by Gasteiger charge is -2.16. The van der Waals surface area contributed by atoms with Gasteiger partial charge in [0.2, 0.25) is 11.8 Å². The Bertz CT molecular complexity index is 719. The van der Waals surface area contributed by atoms with Gasteiger partial charge in [0.1, 0.15) is 0 Å². The fourth-order valence-electron chi connectivity index (χ4n) is 2.51. The van der Waals surface area contributed by atoms with E-state index in [2.05, 4.69) is 5.32 Å². The molecule has 0 spiro atoms. The highest BCUT2D eigenvalue weighted by Gasteiger charge is 2.51. The van der Waals surface area contributed by atoms with Crippen LogP contribution in [0.4, 0.5) is 5.69 Å². The number of halogens is 1. The van der Waals surface area contributed by atoms with E-state index in [0.29, 0.717) is 16.3 Å². The van der Waals surface area contributed by atoms with E-state index in [1.54, 1.807) is 36.4 Å². The van der Waals surface area contributed by atoms with E-state index >= 15 is 0 Å². The highest BCUT2D eigenvalue weighted by molar-refractivity contribution is 6.30. The van der Waals surface area contributed by atoms with Gasteiger partial charge in [-0.25, -0.2) is 0 Å². The highest BCUT2D eigenvalue weighted by atomic mass is 35.5. The van der Waals surface area contributed by atoms with Crippen molar-refractivity contribution in [3.63, 3.8) is 0 Å². The zero-order valence-electron chi connectivity index (χ0n) is 11.8. The molecule has 0 aromatic heterocycles. The molecule has 3 rings (SSSR count). The van der Waals surface area contributed by atoms with Gasteiger partial charge in [-0.1, -0.05) is 23.7 Å². The molecule has 0 aliphatic heterocycles. The minimum absolute atomic E-state index is 0.0401. The van der Waals surface area contributed by atoms with Gasteiger partial charge in [0.15, 0.2) is 0 Å². The van der Waals surface area contributed by atoms with Crippen LogP contribution in [-0.4, -0.2) is 11.8 Å². The summed E-state index contributed by atoms with van der Waals surface area (Å²) in [4.78, 5) is 23.6. The van der Waals surface area contributed by atoms with Crippen LogP contribution in [0.5, 0.6) is 0 Å². The quantitative estimate of drug-likeness (QED) is 0.910. The second kappa shape index (κ2) is 5.46. The van der Waals surface area contributed by atoms with Crippen LogP contribution in [0.1, 0.15) is 28.8 Å². The molecule has 1 fully saturated rings. The van der Waals surface area contributed by atoms with Crippen LogP contribution in [0.3, 0.4) is 0 Å². The minimum Gasteiger partial charge on any atom is -0.366 e. The zero-order chi connectivity index (χ0) is 15.7. The summed E-state index contributed by atoms with van der Waals surface area (Å²) in [6, 6.07) is 13.9. The zero-order valence-corrected chi connectivity index (χ0v) is 12.6. The number of nitrogens with two attached hydrogens (primary N) is 1. The van der Waals surface area contributed by atoms with Crippen molar-refractivity contribution >= 4 is 29.1 Å². The molecular weight excluding hydrogens is 300 g/mol. The minimum atomic E-state index is -0.488. The van der Waals surface area contributed by atoms with Crippen LogP contribution in [0, 0.1) is 0 Å². The third-order valence-electron chi connectivity index (χ3n) is 4.01. The number of carbonyl (C=O) groups is 2. The maximum Gasteiger partial charge on any atom is 0.248 e. The summed E-state index contributed by atoms with van der Waals surface area (Å²) < 4.78 is 0. The summed E-state index contributed by atoms with van der Waals surface area (Å²) in [5.74, 6) is -0.528. The fraction of sp³-hybridized carbons (Fsp3) is 0.176. The van der Waals surface area contributed by atoms with Crippen molar-refractivity contribution in [3.8, 4) is 0 Å².